The third-order valence-corrected chi connectivity index (χ3v) is 8.66. The SMILES string of the molecule is CCC1CCCCN1CCCNC(=O)CN(c1cc(C)cc(C)c1)S(=O)(=O)c1ccc(OC)c(OC)c1. The maximum absolute atomic E-state index is 13.8. The molecule has 0 aliphatic carbocycles. The molecule has 37 heavy (non-hydrogen) atoms. The summed E-state index contributed by atoms with van der Waals surface area (Å²) in [6.45, 7) is 8.26. The normalized spacial score (nSPS) is 16.3. The molecule has 0 spiro atoms. The molecule has 1 saturated heterocycles. The summed E-state index contributed by atoms with van der Waals surface area (Å²) in [5.41, 5.74) is 2.27. The number of piperidine rings is 1. The summed E-state index contributed by atoms with van der Waals surface area (Å²) in [5.74, 6) is 0.390. The summed E-state index contributed by atoms with van der Waals surface area (Å²) in [6, 6.07) is 10.6. The second kappa shape index (κ2) is 13.1. The molecule has 1 fully saturated rings. The lowest BCUT2D eigenvalue weighted by Gasteiger charge is -2.35. The Bertz CT molecular complexity index is 1150. The van der Waals surface area contributed by atoms with Crippen LogP contribution < -0.4 is 19.1 Å². The van der Waals surface area contributed by atoms with Gasteiger partial charge in [0, 0.05) is 25.2 Å². The molecule has 204 valence electrons. The Morgan fingerprint density at radius 1 is 1.05 bits per heavy atom. The molecule has 0 aromatic heterocycles. The van der Waals surface area contributed by atoms with Crippen LogP contribution in [0.3, 0.4) is 0 Å². The maximum atomic E-state index is 13.8. The van der Waals surface area contributed by atoms with Gasteiger partial charge >= 0.3 is 0 Å². The fraction of sp³-hybridized carbons (Fsp3) is 0.536. The number of nitrogens with zero attached hydrogens (tertiary/aromatic N) is 2. The smallest absolute Gasteiger partial charge is 0.264 e. The Morgan fingerprint density at radius 3 is 2.41 bits per heavy atom. The third kappa shape index (κ3) is 7.38. The van der Waals surface area contributed by atoms with Crippen molar-refractivity contribution in [2.45, 2.75) is 63.8 Å². The van der Waals surface area contributed by atoms with Gasteiger partial charge in [0.15, 0.2) is 11.5 Å². The van der Waals surface area contributed by atoms with Crippen LogP contribution >= 0.6 is 0 Å². The Balaban J connectivity index is 1.77. The molecule has 1 aliphatic rings. The predicted octanol–water partition coefficient (Wildman–Crippen LogP) is 4.29. The molecule has 1 heterocycles. The summed E-state index contributed by atoms with van der Waals surface area (Å²) in [4.78, 5) is 15.5. The lowest BCUT2D eigenvalue weighted by Crippen LogP contribution is -2.43. The largest absolute Gasteiger partial charge is 0.493 e. The second-order valence-corrected chi connectivity index (χ2v) is 11.5. The molecule has 8 nitrogen and oxygen atoms in total. The highest BCUT2D eigenvalue weighted by Gasteiger charge is 2.29. The van der Waals surface area contributed by atoms with Crippen molar-refractivity contribution in [1.82, 2.24) is 10.2 Å². The van der Waals surface area contributed by atoms with Crippen molar-refractivity contribution in [2.75, 3.05) is 44.7 Å². The number of methoxy groups -OCH3 is 2. The Labute approximate surface area is 222 Å². The number of carbonyl (C=O) groups is 1. The number of rotatable bonds is 12. The van der Waals surface area contributed by atoms with E-state index in [0.29, 0.717) is 29.8 Å². The van der Waals surface area contributed by atoms with Crippen LogP contribution in [0.4, 0.5) is 5.69 Å². The summed E-state index contributed by atoms with van der Waals surface area (Å²) in [5, 5.41) is 2.93. The molecule has 2 aromatic carbocycles. The quantitative estimate of drug-likeness (QED) is 0.411. The molecule has 9 heteroatoms. The highest BCUT2D eigenvalue weighted by Crippen LogP contribution is 2.32. The van der Waals surface area contributed by atoms with E-state index < -0.39 is 10.0 Å². The molecule has 0 saturated carbocycles. The van der Waals surface area contributed by atoms with Crippen molar-refractivity contribution in [3.05, 3.63) is 47.5 Å². The van der Waals surface area contributed by atoms with Crippen molar-refractivity contribution < 1.29 is 22.7 Å². The minimum absolute atomic E-state index is 0.0211. The van der Waals surface area contributed by atoms with Gasteiger partial charge in [-0.05, 0) is 81.5 Å². The van der Waals surface area contributed by atoms with Crippen LogP contribution in [-0.2, 0) is 14.8 Å². The molecule has 2 aromatic rings. The Hall–Kier alpha value is -2.78. The average molecular weight is 532 g/mol. The molecular formula is C28H41N3O5S. The van der Waals surface area contributed by atoms with Crippen LogP contribution in [0, 0.1) is 13.8 Å². The molecular weight excluding hydrogens is 490 g/mol. The van der Waals surface area contributed by atoms with Crippen LogP contribution in [0.5, 0.6) is 11.5 Å². The first kappa shape index (κ1) is 28.8. The minimum Gasteiger partial charge on any atom is -0.493 e. The van der Waals surface area contributed by atoms with E-state index in [1.165, 1.54) is 49.9 Å². The van der Waals surface area contributed by atoms with Crippen molar-refractivity contribution in [2.24, 2.45) is 0 Å². The van der Waals surface area contributed by atoms with E-state index >= 15 is 0 Å². The van der Waals surface area contributed by atoms with E-state index in [9.17, 15) is 13.2 Å². The number of likely N-dealkylation sites (tertiary alicyclic amines) is 1. The molecule has 1 amide bonds. The van der Waals surface area contributed by atoms with Crippen molar-refractivity contribution in [1.29, 1.82) is 0 Å². The molecule has 1 atom stereocenters. The van der Waals surface area contributed by atoms with Crippen LogP contribution in [0.25, 0.3) is 0 Å². The summed E-state index contributed by atoms with van der Waals surface area (Å²) in [6.07, 6.45) is 5.72. The summed E-state index contributed by atoms with van der Waals surface area (Å²) in [7, 11) is -1.12. The molecule has 1 N–H and O–H groups in total. The zero-order valence-corrected chi connectivity index (χ0v) is 23.6. The van der Waals surface area contributed by atoms with E-state index in [1.807, 2.05) is 19.9 Å². The topological polar surface area (TPSA) is 88.2 Å². The Kier molecular flexibility index (Phi) is 10.2. The monoisotopic (exact) mass is 531 g/mol. The zero-order valence-electron chi connectivity index (χ0n) is 22.7. The first-order valence-corrected chi connectivity index (χ1v) is 14.5. The lowest BCUT2D eigenvalue weighted by molar-refractivity contribution is -0.119. The number of hydrogen-bond acceptors (Lipinski definition) is 6. The van der Waals surface area contributed by atoms with Crippen molar-refractivity contribution >= 4 is 21.6 Å². The minimum atomic E-state index is -4.07. The van der Waals surface area contributed by atoms with Gasteiger partial charge < -0.3 is 19.7 Å². The maximum Gasteiger partial charge on any atom is 0.264 e. The van der Waals surface area contributed by atoms with Crippen LogP contribution in [-0.4, -0.2) is 65.7 Å². The van der Waals surface area contributed by atoms with Gasteiger partial charge in [-0.1, -0.05) is 19.4 Å². The van der Waals surface area contributed by atoms with E-state index in [4.69, 9.17) is 9.47 Å². The number of anilines is 1. The molecule has 1 aliphatic heterocycles. The number of sulfonamides is 1. The van der Waals surface area contributed by atoms with Crippen LogP contribution in [0.1, 0.15) is 50.2 Å². The number of aryl methyl sites for hydroxylation is 2. The van der Waals surface area contributed by atoms with Crippen molar-refractivity contribution in [3.63, 3.8) is 0 Å². The predicted molar refractivity (Wildman–Crippen MR) is 147 cm³/mol. The van der Waals surface area contributed by atoms with E-state index in [0.717, 1.165) is 37.1 Å². The number of benzene rings is 2. The number of carbonyl (C=O) groups excluding carboxylic acids is 1. The van der Waals surface area contributed by atoms with Crippen LogP contribution in [0.2, 0.25) is 0 Å². The zero-order chi connectivity index (χ0) is 27.0. The fourth-order valence-corrected chi connectivity index (χ4v) is 6.45. The first-order chi connectivity index (χ1) is 17.7. The number of hydrogen-bond donors (Lipinski definition) is 1. The third-order valence-electron chi connectivity index (χ3n) is 6.89. The van der Waals surface area contributed by atoms with Crippen molar-refractivity contribution in [3.8, 4) is 11.5 Å². The van der Waals surface area contributed by atoms with Gasteiger partial charge in [0.2, 0.25) is 5.91 Å². The molecule has 1 unspecified atom stereocenters. The number of nitrogens with one attached hydrogen (secondary N) is 1. The number of ether oxygens (including phenoxy) is 2. The molecule has 0 radical (unpaired) electrons. The molecule has 0 bridgehead atoms. The summed E-state index contributed by atoms with van der Waals surface area (Å²) >= 11 is 0. The van der Waals surface area contributed by atoms with Gasteiger partial charge in [-0.25, -0.2) is 8.42 Å². The second-order valence-electron chi connectivity index (χ2n) is 9.67. The number of amides is 1. The highest BCUT2D eigenvalue weighted by atomic mass is 32.2. The van der Waals surface area contributed by atoms with E-state index in [1.54, 1.807) is 18.2 Å². The van der Waals surface area contributed by atoms with Gasteiger partial charge in [-0.3, -0.25) is 9.10 Å². The van der Waals surface area contributed by atoms with Gasteiger partial charge in [-0.2, -0.15) is 0 Å². The van der Waals surface area contributed by atoms with Crippen LogP contribution in [0.15, 0.2) is 41.3 Å². The standard InChI is InChI=1S/C28H41N3O5S/c1-6-23-10-7-8-14-30(23)15-9-13-29-28(32)20-31(24-17-21(2)16-22(3)18-24)37(33,34)25-11-12-26(35-4)27(19-25)36-5/h11-12,16-19,23H,6-10,13-15,20H2,1-5H3,(H,29,32). The summed E-state index contributed by atoms with van der Waals surface area (Å²) < 4.78 is 39.4. The molecule has 3 rings (SSSR count). The van der Waals surface area contributed by atoms with E-state index in [-0.39, 0.29) is 17.3 Å². The fourth-order valence-electron chi connectivity index (χ4n) is 5.03. The van der Waals surface area contributed by atoms with Gasteiger partial charge in [0.25, 0.3) is 10.0 Å². The van der Waals surface area contributed by atoms with Gasteiger partial charge in [0.1, 0.15) is 6.54 Å². The highest BCUT2D eigenvalue weighted by molar-refractivity contribution is 7.92. The van der Waals surface area contributed by atoms with Gasteiger partial charge in [0.05, 0.1) is 24.8 Å². The lowest BCUT2D eigenvalue weighted by atomic mass is 10.00. The average Bonchev–Trinajstić information content (AvgIpc) is 2.88. The Morgan fingerprint density at radius 2 is 1.76 bits per heavy atom. The van der Waals surface area contributed by atoms with Gasteiger partial charge in [-0.15, -0.1) is 0 Å². The van der Waals surface area contributed by atoms with E-state index in [2.05, 4.69) is 17.1 Å². The first-order valence-electron chi connectivity index (χ1n) is 13.0.